The van der Waals surface area contributed by atoms with E-state index in [0.29, 0.717) is 24.5 Å². The van der Waals surface area contributed by atoms with Gasteiger partial charge in [-0.2, -0.15) is 18.3 Å². The van der Waals surface area contributed by atoms with Crippen LogP contribution in [0.3, 0.4) is 0 Å². The molecule has 4 rings (SSSR count). The van der Waals surface area contributed by atoms with E-state index in [1.165, 1.54) is 12.3 Å². The number of pyridine rings is 1. The van der Waals surface area contributed by atoms with Gasteiger partial charge in [-0.25, -0.2) is 4.98 Å². The number of rotatable bonds is 2. The van der Waals surface area contributed by atoms with Gasteiger partial charge in [0.1, 0.15) is 5.65 Å². The summed E-state index contributed by atoms with van der Waals surface area (Å²) < 4.78 is 44.4. The first-order chi connectivity index (χ1) is 11.0. The summed E-state index contributed by atoms with van der Waals surface area (Å²) >= 11 is 0. The fraction of sp³-hybridized carbons (Fsp3) is 0.333. The minimum atomic E-state index is -4.42. The minimum Gasteiger partial charge on any atom is -0.381 e. The Morgan fingerprint density at radius 2 is 2.13 bits per heavy atom. The third-order valence-electron chi connectivity index (χ3n) is 4.10. The first kappa shape index (κ1) is 14.3. The lowest BCUT2D eigenvalue weighted by molar-refractivity contribution is -0.136. The average molecular weight is 322 g/mol. The van der Waals surface area contributed by atoms with E-state index in [0.717, 1.165) is 18.3 Å². The summed E-state index contributed by atoms with van der Waals surface area (Å²) in [5.74, 6) is 0.255. The van der Waals surface area contributed by atoms with Crippen molar-refractivity contribution in [1.29, 1.82) is 0 Å². The molecule has 3 aromatic rings. The van der Waals surface area contributed by atoms with E-state index >= 15 is 0 Å². The first-order valence-corrected chi connectivity index (χ1v) is 7.20. The van der Waals surface area contributed by atoms with E-state index in [1.807, 2.05) is 6.07 Å². The second kappa shape index (κ2) is 5.09. The highest BCUT2D eigenvalue weighted by molar-refractivity contribution is 5.84. The van der Waals surface area contributed by atoms with Crippen molar-refractivity contribution in [1.82, 2.24) is 20.2 Å². The zero-order chi connectivity index (χ0) is 16.0. The molecule has 1 fully saturated rings. The van der Waals surface area contributed by atoms with Crippen molar-refractivity contribution in [3.8, 4) is 11.3 Å². The van der Waals surface area contributed by atoms with Crippen molar-refractivity contribution in [3.63, 3.8) is 0 Å². The minimum absolute atomic E-state index is 0.0451. The Hall–Kier alpha value is -2.35. The number of fused-ring (bicyclic) bond motifs is 1. The Morgan fingerprint density at radius 3 is 2.87 bits per heavy atom. The second-order valence-electron chi connectivity index (χ2n) is 5.59. The number of aromatic nitrogens is 4. The second-order valence-corrected chi connectivity index (χ2v) is 5.59. The number of halogens is 3. The van der Waals surface area contributed by atoms with E-state index in [-0.39, 0.29) is 17.0 Å². The highest BCUT2D eigenvalue weighted by Crippen LogP contribution is 2.36. The maximum Gasteiger partial charge on any atom is 0.418 e. The summed E-state index contributed by atoms with van der Waals surface area (Å²) in [4.78, 5) is 6.61. The molecular weight excluding hydrogens is 309 g/mol. The predicted molar refractivity (Wildman–Crippen MR) is 76.9 cm³/mol. The summed E-state index contributed by atoms with van der Waals surface area (Å²) in [5.41, 5.74) is 1.55. The molecule has 3 aromatic heterocycles. The van der Waals surface area contributed by atoms with Crippen molar-refractivity contribution < 1.29 is 17.9 Å². The lowest BCUT2D eigenvalue weighted by Gasteiger charge is -2.04. The molecule has 0 aliphatic carbocycles. The zero-order valence-corrected chi connectivity index (χ0v) is 11.9. The molecule has 5 nitrogen and oxygen atoms in total. The molecule has 1 unspecified atom stereocenters. The Balaban J connectivity index is 1.74. The quantitative estimate of drug-likeness (QED) is 0.759. The maximum absolute atomic E-state index is 13.0. The SMILES string of the molecule is FC(F)(F)c1c[nH]c2ncc(-c3cc(C4CCOC4)[nH]n3)cc12. The van der Waals surface area contributed by atoms with Gasteiger partial charge in [0.05, 0.1) is 17.9 Å². The van der Waals surface area contributed by atoms with Crippen molar-refractivity contribution in [2.75, 3.05) is 13.2 Å². The number of nitrogens with zero attached hydrogens (tertiary/aromatic N) is 2. The smallest absolute Gasteiger partial charge is 0.381 e. The standard InChI is InChI=1S/C15H13F3N4O/c16-15(17,18)11-6-20-14-10(11)3-9(5-19-14)13-4-12(21-22-13)8-1-2-23-7-8/h3-6,8H,1-2,7H2,(H,19,20)(H,21,22). The number of aromatic amines is 2. The van der Waals surface area contributed by atoms with Crippen LogP contribution in [0, 0.1) is 0 Å². The fourth-order valence-electron chi connectivity index (χ4n) is 2.85. The van der Waals surface area contributed by atoms with Crippen LogP contribution in [0.25, 0.3) is 22.3 Å². The maximum atomic E-state index is 13.0. The molecule has 0 spiro atoms. The molecule has 1 aliphatic heterocycles. The highest BCUT2D eigenvalue weighted by Gasteiger charge is 2.34. The number of alkyl halides is 3. The molecule has 1 aliphatic rings. The predicted octanol–water partition coefficient (Wildman–Crippen LogP) is 3.48. The molecule has 0 bridgehead atoms. The van der Waals surface area contributed by atoms with Gasteiger partial charge < -0.3 is 9.72 Å². The van der Waals surface area contributed by atoms with Crippen LogP contribution in [0.5, 0.6) is 0 Å². The van der Waals surface area contributed by atoms with Gasteiger partial charge in [-0.05, 0) is 18.6 Å². The van der Waals surface area contributed by atoms with E-state index in [1.54, 1.807) is 0 Å². The zero-order valence-electron chi connectivity index (χ0n) is 11.9. The molecule has 0 amide bonds. The third-order valence-corrected chi connectivity index (χ3v) is 4.10. The number of ether oxygens (including phenoxy) is 1. The molecule has 0 radical (unpaired) electrons. The van der Waals surface area contributed by atoms with E-state index < -0.39 is 11.7 Å². The lowest BCUT2D eigenvalue weighted by Crippen LogP contribution is -2.03. The van der Waals surface area contributed by atoms with Crippen LogP contribution in [0.15, 0.2) is 24.5 Å². The van der Waals surface area contributed by atoms with Gasteiger partial charge in [0.15, 0.2) is 0 Å². The van der Waals surface area contributed by atoms with E-state index in [4.69, 9.17) is 4.74 Å². The molecule has 0 saturated carbocycles. The summed E-state index contributed by atoms with van der Waals surface area (Å²) in [5, 5.41) is 7.19. The van der Waals surface area contributed by atoms with Gasteiger partial charge in [0, 0.05) is 41.6 Å². The molecule has 2 N–H and O–H groups in total. The summed E-state index contributed by atoms with van der Waals surface area (Å²) in [6, 6.07) is 3.31. The van der Waals surface area contributed by atoms with Crippen LogP contribution in [-0.2, 0) is 10.9 Å². The number of nitrogens with one attached hydrogen (secondary N) is 2. The highest BCUT2D eigenvalue weighted by atomic mass is 19.4. The van der Waals surface area contributed by atoms with Crippen LogP contribution in [0.1, 0.15) is 23.6 Å². The number of hydrogen-bond acceptors (Lipinski definition) is 3. The Kier molecular flexibility index (Phi) is 3.15. The largest absolute Gasteiger partial charge is 0.418 e. The first-order valence-electron chi connectivity index (χ1n) is 7.20. The van der Waals surface area contributed by atoms with Crippen molar-refractivity contribution in [2.24, 2.45) is 0 Å². The number of hydrogen-bond donors (Lipinski definition) is 2. The average Bonchev–Trinajstić information content (AvgIpc) is 3.24. The monoisotopic (exact) mass is 322 g/mol. The van der Waals surface area contributed by atoms with E-state index in [9.17, 15) is 13.2 Å². The molecule has 8 heteroatoms. The third kappa shape index (κ3) is 2.48. The van der Waals surface area contributed by atoms with E-state index in [2.05, 4.69) is 20.2 Å². The molecule has 1 saturated heterocycles. The molecule has 1 atom stereocenters. The molecular formula is C15H13F3N4O. The van der Waals surface area contributed by atoms with Crippen LogP contribution in [0.2, 0.25) is 0 Å². The summed E-state index contributed by atoms with van der Waals surface area (Å²) in [6.07, 6.45) is -1.05. The van der Waals surface area contributed by atoms with Gasteiger partial charge in [-0.1, -0.05) is 0 Å². The van der Waals surface area contributed by atoms with Gasteiger partial charge in [-0.15, -0.1) is 0 Å². The van der Waals surface area contributed by atoms with Crippen molar-refractivity contribution >= 4 is 11.0 Å². The number of H-pyrrole nitrogens is 2. The van der Waals surface area contributed by atoms with Crippen LogP contribution < -0.4 is 0 Å². The Bertz CT molecular complexity index is 846. The Labute approximate surface area is 128 Å². The summed E-state index contributed by atoms with van der Waals surface area (Å²) in [6.45, 7) is 1.35. The summed E-state index contributed by atoms with van der Waals surface area (Å²) in [7, 11) is 0. The van der Waals surface area contributed by atoms with Crippen LogP contribution in [-0.4, -0.2) is 33.4 Å². The fourth-order valence-corrected chi connectivity index (χ4v) is 2.85. The van der Waals surface area contributed by atoms with Gasteiger partial charge in [-0.3, -0.25) is 5.10 Å². The van der Waals surface area contributed by atoms with Crippen LogP contribution >= 0.6 is 0 Å². The van der Waals surface area contributed by atoms with Gasteiger partial charge in [0.2, 0.25) is 0 Å². The molecule has 120 valence electrons. The van der Waals surface area contributed by atoms with Gasteiger partial charge >= 0.3 is 6.18 Å². The molecule has 4 heterocycles. The van der Waals surface area contributed by atoms with Crippen LogP contribution in [0.4, 0.5) is 13.2 Å². The van der Waals surface area contributed by atoms with Crippen molar-refractivity contribution in [2.45, 2.75) is 18.5 Å². The van der Waals surface area contributed by atoms with Gasteiger partial charge in [0.25, 0.3) is 0 Å². The lowest BCUT2D eigenvalue weighted by atomic mass is 10.0. The molecule has 23 heavy (non-hydrogen) atoms. The normalized spacial score (nSPS) is 18.8. The Morgan fingerprint density at radius 1 is 1.26 bits per heavy atom. The topological polar surface area (TPSA) is 66.6 Å². The molecule has 0 aromatic carbocycles. The van der Waals surface area contributed by atoms with Crippen molar-refractivity contribution in [3.05, 3.63) is 35.8 Å².